The Morgan fingerprint density at radius 3 is 2.77 bits per heavy atom. The predicted molar refractivity (Wildman–Crippen MR) is 51.1 cm³/mol. The molecule has 1 aromatic carbocycles. The smallest absolute Gasteiger partial charge is 0.0669 e. The van der Waals surface area contributed by atoms with E-state index in [4.69, 9.17) is 10.4 Å². The predicted octanol–water partition coefficient (Wildman–Crippen LogP) is 1.68. The largest absolute Gasteiger partial charge is 0.393 e. The molecule has 0 aliphatic rings. The molecule has 0 aromatic heterocycles. The van der Waals surface area contributed by atoms with Crippen LogP contribution in [-0.4, -0.2) is 11.2 Å². The van der Waals surface area contributed by atoms with E-state index in [-0.39, 0.29) is 6.10 Å². The number of benzene rings is 1. The summed E-state index contributed by atoms with van der Waals surface area (Å²) >= 11 is 0. The Morgan fingerprint density at radius 2 is 2.15 bits per heavy atom. The number of hydrogen-bond donors (Lipinski definition) is 1. The third-order valence-corrected chi connectivity index (χ3v) is 1.81. The van der Waals surface area contributed by atoms with Crippen LogP contribution in [0, 0.1) is 11.3 Å². The van der Waals surface area contributed by atoms with E-state index >= 15 is 0 Å². The Morgan fingerprint density at radius 1 is 1.46 bits per heavy atom. The van der Waals surface area contributed by atoms with Gasteiger partial charge in [0.25, 0.3) is 0 Å². The molecule has 1 atom stereocenters. The van der Waals surface area contributed by atoms with Crippen molar-refractivity contribution in [3.8, 4) is 6.07 Å². The lowest BCUT2D eigenvalue weighted by molar-refractivity contribution is 0.195. The van der Waals surface area contributed by atoms with Crippen LogP contribution in [0.1, 0.15) is 18.1 Å². The maximum absolute atomic E-state index is 9.16. The van der Waals surface area contributed by atoms with E-state index in [1.165, 1.54) is 0 Å². The summed E-state index contributed by atoms with van der Waals surface area (Å²) in [5.41, 5.74) is 2.10. The second kappa shape index (κ2) is 4.64. The maximum atomic E-state index is 9.16. The van der Waals surface area contributed by atoms with E-state index in [1.807, 2.05) is 24.3 Å². The normalized spacial score (nSPS) is 12.1. The van der Waals surface area contributed by atoms with Crippen molar-refractivity contribution in [3.05, 3.63) is 35.4 Å². The Balaban J connectivity index is 2.74. The Kier molecular flexibility index (Phi) is 3.48. The van der Waals surface area contributed by atoms with Crippen LogP contribution in [0.2, 0.25) is 0 Å². The fourth-order valence-electron chi connectivity index (χ4n) is 1.30. The zero-order valence-corrected chi connectivity index (χ0v) is 7.70. The molecule has 1 N–H and O–H groups in total. The summed E-state index contributed by atoms with van der Waals surface area (Å²) in [6.07, 6.45) is 0.768. The Hall–Kier alpha value is -1.33. The molecule has 0 fully saturated rings. The molecule has 13 heavy (non-hydrogen) atoms. The molecule has 0 bridgehead atoms. The van der Waals surface area contributed by atoms with Crippen molar-refractivity contribution in [3.63, 3.8) is 0 Å². The van der Waals surface area contributed by atoms with Crippen molar-refractivity contribution >= 4 is 0 Å². The molecule has 1 aromatic rings. The minimum Gasteiger partial charge on any atom is -0.393 e. The zero-order chi connectivity index (χ0) is 9.68. The number of nitriles is 1. The van der Waals surface area contributed by atoms with Gasteiger partial charge in [0, 0.05) is 0 Å². The number of hydrogen-bond acceptors (Lipinski definition) is 2. The van der Waals surface area contributed by atoms with Gasteiger partial charge in [-0.3, -0.25) is 0 Å². The summed E-state index contributed by atoms with van der Waals surface area (Å²) in [4.78, 5) is 0. The van der Waals surface area contributed by atoms with Gasteiger partial charge in [-0.1, -0.05) is 24.3 Å². The van der Waals surface area contributed by atoms with Gasteiger partial charge in [-0.15, -0.1) is 0 Å². The average molecular weight is 175 g/mol. The van der Waals surface area contributed by atoms with Crippen LogP contribution in [0.3, 0.4) is 0 Å². The van der Waals surface area contributed by atoms with E-state index in [9.17, 15) is 0 Å². The molecule has 2 nitrogen and oxygen atoms in total. The molecular weight excluding hydrogens is 162 g/mol. The van der Waals surface area contributed by atoms with Crippen molar-refractivity contribution in [1.82, 2.24) is 0 Å². The highest BCUT2D eigenvalue weighted by atomic mass is 16.3. The lowest BCUT2D eigenvalue weighted by Crippen LogP contribution is -2.04. The van der Waals surface area contributed by atoms with Gasteiger partial charge in [0.1, 0.15) is 0 Å². The summed E-state index contributed by atoms with van der Waals surface area (Å²) in [7, 11) is 0. The highest BCUT2D eigenvalue weighted by molar-refractivity contribution is 5.25. The quantitative estimate of drug-likeness (QED) is 0.759. The van der Waals surface area contributed by atoms with Gasteiger partial charge in [0.15, 0.2) is 0 Å². The SMILES string of the molecule is CC(O)Cc1cccc(CC#N)c1. The van der Waals surface area contributed by atoms with Gasteiger partial charge in [-0.25, -0.2) is 0 Å². The molecule has 0 spiro atoms. The second-order valence-electron chi connectivity index (χ2n) is 3.21. The molecule has 1 rings (SSSR count). The molecule has 0 radical (unpaired) electrons. The third kappa shape index (κ3) is 3.27. The summed E-state index contributed by atoms with van der Waals surface area (Å²) in [6.45, 7) is 1.76. The van der Waals surface area contributed by atoms with E-state index in [2.05, 4.69) is 6.07 Å². The van der Waals surface area contributed by atoms with Crippen LogP contribution < -0.4 is 0 Å². The van der Waals surface area contributed by atoms with Crippen molar-refractivity contribution in [2.75, 3.05) is 0 Å². The fourth-order valence-corrected chi connectivity index (χ4v) is 1.30. The summed E-state index contributed by atoms with van der Waals surface area (Å²) in [6, 6.07) is 9.88. The number of rotatable bonds is 3. The average Bonchev–Trinajstić information content (AvgIpc) is 2.04. The number of aliphatic hydroxyl groups is 1. The van der Waals surface area contributed by atoms with Gasteiger partial charge < -0.3 is 5.11 Å². The van der Waals surface area contributed by atoms with Gasteiger partial charge in [-0.2, -0.15) is 5.26 Å². The third-order valence-electron chi connectivity index (χ3n) is 1.81. The first-order chi connectivity index (χ1) is 6.22. The first-order valence-electron chi connectivity index (χ1n) is 4.35. The zero-order valence-electron chi connectivity index (χ0n) is 7.70. The monoisotopic (exact) mass is 175 g/mol. The van der Waals surface area contributed by atoms with E-state index in [0.29, 0.717) is 12.8 Å². The van der Waals surface area contributed by atoms with Gasteiger partial charge in [-0.05, 0) is 24.5 Å². The van der Waals surface area contributed by atoms with Crippen LogP contribution in [0.25, 0.3) is 0 Å². The highest BCUT2D eigenvalue weighted by Gasteiger charge is 1.99. The minimum absolute atomic E-state index is 0.322. The molecule has 0 saturated carbocycles. The lowest BCUT2D eigenvalue weighted by Gasteiger charge is -2.04. The number of nitrogens with zero attached hydrogens (tertiary/aromatic N) is 1. The molecule has 1 unspecified atom stereocenters. The molecule has 0 saturated heterocycles. The topological polar surface area (TPSA) is 44.0 Å². The molecule has 2 heteroatoms. The van der Waals surface area contributed by atoms with Crippen LogP contribution in [-0.2, 0) is 12.8 Å². The van der Waals surface area contributed by atoms with E-state index in [1.54, 1.807) is 6.92 Å². The van der Waals surface area contributed by atoms with Crippen molar-refractivity contribution in [2.24, 2.45) is 0 Å². The molecule has 0 aliphatic heterocycles. The van der Waals surface area contributed by atoms with E-state index < -0.39 is 0 Å². The van der Waals surface area contributed by atoms with Crippen molar-refractivity contribution in [2.45, 2.75) is 25.9 Å². The lowest BCUT2D eigenvalue weighted by atomic mass is 10.0. The number of aliphatic hydroxyl groups excluding tert-OH is 1. The molecule has 0 aliphatic carbocycles. The van der Waals surface area contributed by atoms with Crippen LogP contribution in [0.15, 0.2) is 24.3 Å². The molecule has 0 amide bonds. The van der Waals surface area contributed by atoms with Gasteiger partial charge in [0.2, 0.25) is 0 Å². The highest BCUT2D eigenvalue weighted by Crippen LogP contribution is 2.07. The van der Waals surface area contributed by atoms with Crippen LogP contribution in [0.5, 0.6) is 0 Å². The molecule has 68 valence electrons. The molecular formula is C11H13NO. The second-order valence-corrected chi connectivity index (χ2v) is 3.21. The first-order valence-corrected chi connectivity index (χ1v) is 4.35. The standard InChI is InChI=1S/C11H13NO/c1-9(13)7-11-4-2-3-10(8-11)5-6-12/h2-4,8-9,13H,5,7H2,1H3. The molecule has 0 heterocycles. The van der Waals surface area contributed by atoms with Crippen molar-refractivity contribution in [1.29, 1.82) is 5.26 Å². The van der Waals surface area contributed by atoms with E-state index in [0.717, 1.165) is 11.1 Å². The fraction of sp³-hybridized carbons (Fsp3) is 0.364. The Bertz CT molecular complexity index is 312. The van der Waals surface area contributed by atoms with Gasteiger partial charge in [0.05, 0.1) is 18.6 Å². The summed E-state index contributed by atoms with van der Waals surface area (Å²) in [5, 5.41) is 17.7. The summed E-state index contributed by atoms with van der Waals surface area (Å²) in [5.74, 6) is 0. The van der Waals surface area contributed by atoms with Crippen molar-refractivity contribution < 1.29 is 5.11 Å². The van der Waals surface area contributed by atoms with Crippen LogP contribution in [0.4, 0.5) is 0 Å². The summed E-state index contributed by atoms with van der Waals surface area (Å²) < 4.78 is 0. The Labute approximate surface area is 78.4 Å². The maximum Gasteiger partial charge on any atom is 0.0669 e. The minimum atomic E-state index is -0.322. The van der Waals surface area contributed by atoms with Crippen LogP contribution >= 0.6 is 0 Å². The van der Waals surface area contributed by atoms with Gasteiger partial charge >= 0.3 is 0 Å². The first kappa shape index (κ1) is 9.76.